The van der Waals surface area contributed by atoms with E-state index in [9.17, 15) is 9.59 Å². The average Bonchev–Trinajstić information content (AvgIpc) is 2.97. The number of ether oxygens (including phenoxy) is 2. The van der Waals surface area contributed by atoms with Crippen molar-refractivity contribution in [2.45, 2.75) is 24.7 Å². The highest BCUT2D eigenvalue weighted by Gasteiger charge is 2.31. The van der Waals surface area contributed by atoms with Crippen LogP contribution in [0.2, 0.25) is 0 Å². The Balaban J connectivity index is 1.33. The van der Waals surface area contributed by atoms with Crippen LogP contribution in [0.5, 0.6) is 11.5 Å². The van der Waals surface area contributed by atoms with Crippen LogP contribution in [0.1, 0.15) is 11.1 Å². The van der Waals surface area contributed by atoms with Gasteiger partial charge in [0.2, 0.25) is 5.91 Å². The van der Waals surface area contributed by atoms with E-state index in [1.54, 1.807) is 0 Å². The van der Waals surface area contributed by atoms with E-state index in [4.69, 9.17) is 9.47 Å². The molecule has 0 bridgehead atoms. The number of likely N-dealkylation sites (N-methyl/N-ethyl adjacent to an activating group) is 1. The predicted octanol–water partition coefficient (Wildman–Crippen LogP) is 3.17. The fraction of sp³-hybridized carbons (Fsp3) is 0.333. The van der Waals surface area contributed by atoms with Crippen molar-refractivity contribution in [1.82, 2.24) is 5.32 Å². The molecule has 7 heteroatoms. The Morgan fingerprint density at radius 2 is 2.00 bits per heavy atom. The van der Waals surface area contributed by atoms with Gasteiger partial charge in [-0.25, -0.2) is 0 Å². The zero-order valence-corrected chi connectivity index (χ0v) is 16.6. The van der Waals surface area contributed by atoms with Gasteiger partial charge in [0.15, 0.2) is 0 Å². The van der Waals surface area contributed by atoms with E-state index in [0.717, 1.165) is 41.1 Å². The summed E-state index contributed by atoms with van der Waals surface area (Å²) in [5, 5.41) is 1.69. The van der Waals surface area contributed by atoms with Crippen molar-refractivity contribution in [3.05, 3.63) is 53.6 Å². The predicted molar refractivity (Wildman–Crippen MR) is 109 cm³/mol. The second-order valence-corrected chi connectivity index (χ2v) is 8.31. The number of carbonyl (C=O) groups excluding carboxylic acids is 2. The van der Waals surface area contributed by atoms with Gasteiger partial charge in [-0.1, -0.05) is 30.0 Å². The molecule has 2 amide bonds. The van der Waals surface area contributed by atoms with Crippen LogP contribution < -0.4 is 19.7 Å². The lowest BCUT2D eigenvalue weighted by molar-refractivity contribution is -0.118. The highest BCUT2D eigenvalue weighted by molar-refractivity contribution is 8.15. The number of imide groups is 1. The van der Waals surface area contributed by atoms with Crippen molar-refractivity contribution in [1.29, 1.82) is 0 Å². The van der Waals surface area contributed by atoms with Gasteiger partial charge < -0.3 is 14.4 Å². The lowest BCUT2D eigenvalue weighted by atomic mass is 10.1. The van der Waals surface area contributed by atoms with E-state index in [1.807, 2.05) is 24.3 Å². The second-order valence-electron chi connectivity index (χ2n) is 7.13. The van der Waals surface area contributed by atoms with Crippen LogP contribution in [-0.4, -0.2) is 42.7 Å². The molecular formula is C21H22N2O4S. The standard InChI is InChI=1S/C21H22N2O4S/c1-13-3-8-17-18(9-13)27-16(11-23(17)2)12-26-15-6-4-14(5-7-15)10-19-20(24)22-21(25)28-19/h3-9,16,19H,10-12H2,1-2H3,(H,22,24,25). The van der Waals surface area contributed by atoms with Crippen LogP contribution in [-0.2, 0) is 11.2 Å². The minimum atomic E-state index is -0.353. The fourth-order valence-corrected chi connectivity index (χ4v) is 4.25. The molecule has 2 heterocycles. The van der Waals surface area contributed by atoms with E-state index in [1.165, 1.54) is 5.56 Å². The first-order valence-corrected chi connectivity index (χ1v) is 10.1. The summed E-state index contributed by atoms with van der Waals surface area (Å²) < 4.78 is 12.0. The first-order chi connectivity index (χ1) is 13.5. The molecule has 4 rings (SSSR count). The first-order valence-electron chi connectivity index (χ1n) is 9.19. The molecule has 0 spiro atoms. The van der Waals surface area contributed by atoms with E-state index in [2.05, 4.69) is 42.4 Å². The zero-order chi connectivity index (χ0) is 19.7. The number of hydrogen-bond acceptors (Lipinski definition) is 6. The largest absolute Gasteiger partial charge is 0.490 e. The molecule has 0 saturated carbocycles. The topological polar surface area (TPSA) is 67.9 Å². The highest BCUT2D eigenvalue weighted by Crippen LogP contribution is 2.33. The number of aryl methyl sites for hydroxylation is 1. The van der Waals surface area contributed by atoms with Gasteiger partial charge in [0.25, 0.3) is 5.24 Å². The van der Waals surface area contributed by atoms with Crippen molar-refractivity contribution < 1.29 is 19.1 Å². The molecule has 28 heavy (non-hydrogen) atoms. The molecule has 0 aliphatic carbocycles. The summed E-state index contributed by atoms with van der Waals surface area (Å²) in [4.78, 5) is 25.1. The van der Waals surface area contributed by atoms with Crippen LogP contribution >= 0.6 is 11.8 Å². The molecule has 2 unspecified atom stereocenters. The Bertz CT molecular complexity index is 900. The van der Waals surface area contributed by atoms with E-state index in [-0.39, 0.29) is 22.5 Å². The Morgan fingerprint density at radius 1 is 1.21 bits per heavy atom. The summed E-state index contributed by atoms with van der Waals surface area (Å²) in [6.07, 6.45) is 0.471. The number of thioether (sulfide) groups is 1. The highest BCUT2D eigenvalue weighted by atomic mass is 32.2. The number of nitrogens with one attached hydrogen (secondary N) is 1. The molecule has 6 nitrogen and oxygen atoms in total. The number of carbonyl (C=O) groups is 2. The minimum absolute atomic E-state index is 0.0522. The third-order valence-electron chi connectivity index (χ3n) is 4.85. The average molecular weight is 398 g/mol. The third-order valence-corrected chi connectivity index (χ3v) is 5.83. The van der Waals surface area contributed by atoms with Gasteiger partial charge in [0, 0.05) is 7.05 Å². The molecule has 2 atom stereocenters. The number of fused-ring (bicyclic) bond motifs is 1. The van der Waals surface area contributed by atoms with E-state index >= 15 is 0 Å². The van der Waals surface area contributed by atoms with E-state index < -0.39 is 0 Å². The summed E-state index contributed by atoms with van der Waals surface area (Å²) in [5.74, 6) is 1.42. The molecular weight excluding hydrogens is 376 g/mol. The number of hydrogen-bond donors (Lipinski definition) is 1. The monoisotopic (exact) mass is 398 g/mol. The Morgan fingerprint density at radius 3 is 2.71 bits per heavy atom. The summed E-state index contributed by atoms with van der Waals surface area (Å²) in [6.45, 7) is 3.26. The molecule has 0 aromatic heterocycles. The molecule has 2 aromatic carbocycles. The van der Waals surface area contributed by atoms with Crippen LogP contribution in [0, 0.1) is 6.92 Å². The quantitative estimate of drug-likeness (QED) is 0.835. The van der Waals surface area contributed by atoms with Gasteiger partial charge >= 0.3 is 0 Å². The molecule has 2 aromatic rings. The minimum Gasteiger partial charge on any atom is -0.490 e. The first kappa shape index (κ1) is 18.7. The Hall–Kier alpha value is -2.67. The number of amides is 2. The number of rotatable bonds is 5. The molecule has 1 saturated heterocycles. The van der Waals surface area contributed by atoms with Crippen LogP contribution in [0.3, 0.4) is 0 Å². The van der Waals surface area contributed by atoms with Crippen molar-refractivity contribution in [2.75, 3.05) is 25.1 Å². The van der Waals surface area contributed by atoms with E-state index in [0.29, 0.717) is 13.0 Å². The van der Waals surface area contributed by atoms with Crippen LogP contribution in [0.25, 0.3) is 0 Å². The summed E-state index contributed by atoms with van der Waals surface area (Å²) in [7, 11) is 2.06. The number of anilines is 1. The second kappa shape index (κ2) is 7.75. The Labute approximate surface area is 168 Å². The molecule has 2 aliphatic rings. The van der Waals surface area contributed by atoms with Gasteiger partial charge in [-0.15, -0.1) is 0 Å². The van der Waals surface area contributed by atoms with Crippen LogP contribution in [0.4, 0.5) is 10.5 Å². The normalized spacial score (nSPS) is 21.1. The van der Waals surface area contributed by atoms with Crippen molar-refractivity contribution in [3.8, 4) is 11.5 Å². The van der Waals surface area contributed by atoms with Crippen LogP contribution in [0.15, 0.2) is 42.5 Å². The Kier molecular flexibility index (Phi) is 5.17. The lowest BCUT2D eigenvalue weighted by Crippen LogP contribution is -2.41. The number of benzene rings is 2. The van der Waals surface area contributed by atoms with Gasteiger partial charge in [0.1, 0.15) is 24.2 Å². The molecule has 1 fully saturated rings. The SMILES string of the molecule is Cc1ccc2c(c1)OC(COc1ccc(CC3SC(=O)NC3=O)cc1)CN2C. The molecule has 1 N–H and O–H groups in total. The van der Waals surface area contributed by atoms with Gasteiger partial charge in [-0.3, -0.25) is 14.9 Å². The lowest BCUT2D eigenvalue weighted by Gasteiger charge is -2.33. The maximum atomic E-state index is 11.7. The van der Waals surface area contributed by atoms with Crippen molar-refractivity contribution in [2.24, 2.45) is 0 Å². The van der Waals surface area contributed by atoms with Gasteiger partial charge in [0.05, 0.1) is 17.5 Å². The fourth-order valence-electron chi connectivity index (χ4n) is 3.39. The van der Waals surface area contributed by atoms with Gasteiger partial charge in [-0.05, 0) is 48.7 Å². The van der Waals surface area contributed by atoms with Crippen molar-refractivity contribution in [3.63, 3.8) is 0 Å². The summed E-state index contributed by atoms with van der Waals surface area (Å²) >= 11 is 1.05. The third kappa shape index (κ3) is 4.09. The molecule has 2 aliphatic heterocycles. The van der Waals surface area contributed by atoms with Crippen molar-refractivity contribution >= 4 is 28.6 Å². The van der Waals surface area contributed by atoms with Gasteiger partial charge in [-0.2, -0.15) is 0 Å². The maximum absolute atomic E-state index is 11.7. The smallest absolute Gasteiger partial charge is 0.286 e. The number of nitrogens with zero attached hydrogens (tertiary/aromatic N) is 1. The summed E-state index contributed by atoms with van der Waals surface area (Å²) in [5.41, 5.74) is 3.26. The molecule has 0 radical (unpaired) electrons. The maximum Gasteiger partial charge on any atom is 0.286 e. The summed E-state index contributed by atoms with van der Waals surface area (Å²) in [6, 6.07) is 13.8. The zero-order valence-electron chi connectivity index (χ0n) is 15.8. The molecule has 146 valence electrons.